The van der Waals surface area contributed by atoms with Crippen LogP contribution in [0.15, 0.2) is 24.5 Å². The Morgan fingerprint density at radius 3 is 2.70 bits per heavy atom. The average molecular weight is 277 g/mol. The number of carbonyl (C=O) groups is 1. The zero-order chi connectivity index (χ0) is 14.7. The van der Waals surface area contributed by atoms with Crippen LogP contribution >= 0.6 is 0 Å². The molecule has 0 saturated heterocycles. The second-order valence-corrected chi connectivity index (χ2v) is 5.04. The van der Waals surface area contributed by atoms with Crippen molar-refractivity contribution in [3.63, 3.8) is 0 Å². The Balaban J connectivity index is 2.34. The first kappa shape index (κ1) is 14.5. The van der Waals surface area contributed by atoms with E-state index in [1.165, 1.54) is 6.20 Å². The molecule has 108 valence electrons. The molecule has 0 atom stereocenters. The van der Waals surface area contributed by atoms with E-state index in [2.05, 4.69) is 24.3 Å². The van der Waals surface area contributed by atoms with E-state index >= 15 is 0 Å². The molecule has 6 heteroatoms. The Labute approximate surface area is 117 Å². The zero-order valence-electron chi connectivity index (χ0n) is 11.6. The molecule has 0 unspecified atom stereocenters. The lowest BCUT2D eigenvalue weighted by atomic mass is 10.0. The van der Waals surface area contributed by atoms with E-state index in [4.69, 9.17) is 10.2 Å². The second-order valence-electron chi connectivity index (χ2n) is 5.04. The van der Waals surface area contributed by atoms with Crippen LogP contribution in [-0.4, -0.2) is 45.0 Å². The number of hydrogen-bond acceptors (Lipinski definition) is 4. The van der Waals surface area contributed by atoms with Gasteiger partial charge in [-0.25, -0.2) is 4.52 Å². The number of nitrogens with one attached hydrogen (secondary N) is 1. The van der Waals surface area contributed by atoms with Gasteiger partial charge >= 0.3 is 0 Å². The summed E-state index contributed by atoms with van der Waals surface area (Å²) in [5.74, 6) is 0.00227. The Morgan fingerprint density at radius 2 is 2.10 bits per heavy atom. The molecule has 20 heavy (non-hydrogen) atoms. The molecule has 0 fully saturated rings. The van der Waals surface area contributed by atoms with Gasteiger partial charge in [-0.05, 0) is 23.6 Å². The maximum Gasteiger partial charge on any atom is 0.255 e. The van der Waals surface area contributed by atoms with Gasteiger partial charge in [-0.3, -0.25) is 4.79 Å². The summed E-state index contributed by atoms with van der Waals surface area (Å²) in [5.41, 5.74) is 2.26. The van der Waals surface area contributed by atoms with E-state index in [1.807, 2.05) is 18.3 Å². The standard InChI is InChI=1S/C14H19N3O3/c1-9(2)10-3-4-17-13(5-10)12(6-15-17)14(20)16-11(7-18)8-19/h3-6,9,11,18-19H,7-8H2,1-2H3,(H,16,20). The average Bonchev–Trinajstić information content (AvgIpc) is 2.87. The Kier molecular flexibility index (Phi) is 4.36. The van der Waals surface area contributed by atoms with Gasteiger partial charge in [0.1, 0.15) is 0 Å². The van der Waals surface area contributed by atoms with Gasteiger partial charge in [0.05, 0.1) is 36.5 Å². The van der Waals surface area contributed by atoms with Crippen molar-refractivity contribution in [1.82, 2.24) is 14.9 Å². The number of aromatic nitrogens is 2. The van der Waals surface area contributed by atoms with Crippen molar-refractivity contribution in [2.75, 3.05) is 13.2 Å². The minimum Gasteiger partial charge on any atom is -0.394 e. The summed E-state index contributed by atoms with van der Waals surface area (Å²) in [6.45, 7) is 3.54. The maximum absolute atomic E-state index is 12.1. The summed E-state index contributed by atoms with van der Waals surface area (Å²) in [7, 11) is 0. The van der Waals surface area contributed by atoms with Crippen LogP contribution in [0.1, 0.15) is 35.7 Å². The predicted molar refractivity (Wildman–Crippen MR) is 74.7 cm³/mol. The molecule has 0 aliphatic heterocycles. The van der Waals surface area contributed by atoms with E-state index in [9.17, 15) is 4.79 Å². The minimum absolute atomic E-state index is 0.307. The summed E-state index contributed by atoms with van der Waals surface area (Å²) >= 11 is 0. The van der Waals surface area contributed by atoms with Crippen LogP contribution in [-0.2, 0) is 0 Å². The molecular formula is C14H19N3O3. The van der Waals surface area contributed by atoms with Crippen LogP contribution < -0.4 is 5.32 Å². The number of hydrogen-bond donors (Lipinski definition) is 3. The van der Waals surface area contributed by atoms with Crippen molar-refractivity contribution in [3.05, 3.63) is 35.7 Å². The van der Waals surface area contributed by atoms with Crippen LogP contribution in [0.4, 0.5) is 0 Å². The normalized spacial score (nSPS) is 11.5. The number of aliphatic hydroxyl groups excluding tert-OH is 2. The number of rotatable bonds is 5. The fourth-order valence-electron chi connectivity index (χ4n) is 1.94. The van der Waals surface area contributed by atoms with Gasteiger partial charge in [-0.1, -0.05) is 13.8 Å². The van der Waals surface area contributed by atoms with Crippen molar-refractivity contribution < 1.29 is 15.0 Å². The molecule has 0 aromatic carbocycles. The van der Waals surface area contributed by atoms with Gasteiger partial charge in [0, 0.05) is 6.20 Å². The SMILES string of the molecule is CC(C)c1ccn2ncc(C(=O)NC(CO)CO)c2c1. The summed E-state index contributed by atoms with van der Waals surface area (Å²) in [6, 6.07) is 3.24. The van der Waals surface area contributed by atoms with Crippen LogP contribution in [0.2, 0.25) is 0 Å². The molecule has 0 saturated carbocycles. The van der Waals surface area contributed by atoms with Gasteiger partial charge < -0.3 is 15.5 Å². The van der Waals surface area contributed by atoms with E-state index in [-0.39, 0.29) is 19.1 Å². The van der Waals surface area contributed by atoms with Gasteiger partial charge in [-0.15, -0.1) is 0 Å². The molecule has 1 amide bonds. The topological polar surface area (TPSA) is 86.9 Å². The van der Waals surface area contributed by atoms with Gasteiger partial charge in [0.25, 0.3) is 5.91 Å². The number of fused-ring (bicyclic) bond motifs is 1. The number of pyridine rings is 1. The highest BCUT2D eigenvalue weighted by Crippen LogP contribution is 2.18. The van der Waals surface area contributed by atoms with Crippen molar-refractivity contribution in [3.8, 4) is 0 Å². The third-order valence-electron chi connectivity index (χ3n) is 3.23. The third-order valence-corrected chi connectivity index (χ3v) is 3.23. The van der Waals surface area contributed by atoms with E-state index in [1.54, 1.807) is 4.52 Å². The predicted octanol–water partition coefficient (Wildman–Crippen LogP) is 0.541. The molecule has 3 N–H and O–H groups in total. The molecule has 0 bridgehead atoms. The lowest BCUT2D eigenvalue weighted by Gasteiger charge is -2.12. The lowest BCUT2D eigenvalue weighted by Crippen LogP contribution is -2.40. The maximum atomic E-state index is 12.1. The number of aliphatic hydroxyl groups is 2. The molecule has 0 aliphatic rings. The van der Waals surface area contributed by atoms with Gasteiger partial charge in [-0.2, -0.15) is 5.10 Å². The molecule has 2 aromatic rings. The van der Waals surface area contributed by atoms with Crippen LogP contribution in [0.25, 0.3) is 5.52 Å². The first-order valence-corrected chi connectivity index (χ1v) is 6.56. The molecule has 0 spiro atoms. The quantitative estimate of drug-likeness (QED) is 0.744. The molecule has 0 aliphatic carbocycles. The van der Waals surface area contributed by atoms with Gasteiger partial charge in [0.15, 0.2) is 0 Å². The molecule has 0 radical (unpaired) electrons. The first-order valence-electron chi connectivity index (χ1n) is 6.56. The molecule has 6 nitrogen and oxygen atoms in total. The monoisotopic (exact) mass is 277 g/mol. The summed E-state index contributed by atoms with van der Waals surface area (Å²) in [6.07, 6.45) is 3.30. The minimum atomic E-state index is -0.661. The summed E-state index contributed by atoms with van der Waals surface area (Å²) in [5, 5.41) is 24.7. The summed E-state index contributed by atoms with van der Waals surface area (Å²) < 4.78 is 1.63. The van der Waals surface area contributed by atoms with Crippen LogP contribution in [0.5, 0.6) is 0 Å². The first-order chi connectivity index (χ1) is 9.56. The summed E-state index contributed by atoms with van der Waals surface area (Å²) in [4.78, 5) is 12.1. The number of carbonyl (C=O) groups excluding carboxylic acids is 1. The van der Waals surface area contributed by atoms with E-state index in [0.717, 1.165) is 5.56 Å². The lowest BCUT2D eigenvalue weighted by molar-refractivity contribution is 0.0881. The Hall–Kier alpha value is -1.92. The number of amides is 1. The third kappa shape index (κ3) is 2.81. The fraction of sp³-hybridized carbons (Fsp3) is 0.429. The highest BCUT2D eigenvalue weighted by atomic mass is 16.3. The zero-order valence-corrected chi connectivity index (χ0v) is 11.6. The van der Waals surface area contributed by atoms with Crippen molar-refractivity contribution in [2.45, 2.75) is 25.8 Å². The van der Waals surface area contributed by atoms with E-state index < -0.39 is 6.04 Å². The van der Waals surface area contributed by atoms with Crippen molar-refractivity contribution >= 4 is 11.4 Å². The van der Waals surface area contributed by atoms with Gasteiger partial charge in [0.2, 0.25) is 0 Å². The molecule has 2 heterocycles. The van der Waals surface area contributed by atoms with E-state index in [0.29, 0.717) is 17.0 Å². The largest absolute Gasteiger partial charge is 0.394 e. The smallest absolute Gasteiger partial charge is 0.255 e. The second kappa shape index (κ2) is 6.02. The number of nitrogens with zero attached hydrogens (tertiary/aromatic N) is 2. The van der Waals surface area contributed by atoms with Crippen molar-refractivity contribution in [1.29, 1.82) is 0 Å². The van der Waals surface area contributed by atoms with Crippen molar-refractivity contribution in [2.24, 2.45) is 0 Å². The van der Waals surface area contributed by atoms with Crippen LogP contribution in [0, 0.1) is 0 Å². The molecular weight excluding hydrogens is 258 g/mol. The molecule has 2 rings (SSSR count). The Morgan fingerprint density at radius 1 is 1.40 bits per heavy atom. The molecule has 2 aromatic heterocycles. The highest BCUT2D eigenvalue weighted by molar-refractivity contribution is 6.00. The Bertz CT molecular complexity index is 603. The fourth-order valence-corrected chi connectivity index (χ4v) is 1.94. The highest BCUT2D eigenvalue weighted by Gasteiger charge is 2.17. The van der Waals surface area contributed by atoms with Crippen LogP contribution in [0.3, 0.4) is 0 Å².